The van der Waals surface area contributed by atoms with Crippen molar-refractivity contribution >= 4 is 0 Å². The lowest BCUT2D eigenvalue weighted by atomic mass is 9.70. The van der Waals surface area contributed by atoms with Crippen LogP contribution in [0.15, 0.2) is 35.9 Å². The van der Waals surface area contributed by atoms with Gasteiger partial charge in [-0.3, -0.25) is 0 Å². The van der Waals surface area contributed by atoms with Crippen molar-refractivity contribution in [3.63, 3.8) is 0 Å². The Morgan fingerprint density at radius 1 is 1.14 bits per heavy atom. The fourth-order valence-corrected chi connectivity index (χ4v) is 3.65. The fourth-order valence-electron chi connectivity index (χ4n) is 3.65. The Hall–Kier alpha value is -1.29. The van der Waals surface area contributed by atoms with E-state index in [9.17, 15) is 13.2 Å². The van der Waals surface area contributed by atoms with Crippen LogP contribution in [0.2, 0.25) is 0 Å². The van der Waals surface area contributed by atoms with Crippen molar-refractivity contribution in [2.75, 3.05) is 0 Å². The molecule has 0 aromatic heterocycles. The zero-order valence-corrected chi connectivity index (χ0v) is 12.2. The van der Waals surface area contributed by atoms with Gasteiger partial charge in [-0.1, -0.05) is 23.8 Å². The Labute approximate surface area is 123 Å². The van der Waals surface area contributed by atoms with Crippen LogP contribution in [0.25, 0.3) is 0 Å². The molecule has 3 unspecified atom stereocenters. The second-order valence-electron chi connectivity index (χ2n) is 6.34. The number of fused-ring (bicyclic) bond motifs is 2. The Kier molecular flexibility index (Phi) is 3.60. The molecule has 1 aliphatic heterocycles. The molecule has 1 N–H and O–H groups in total. The SMILES string of the molecule is CC1=CCC2CC1C(c1ccc(C(F)(F)F)cc1)N[C@H]2C. The highest BCUT2D eigenvalue weighted by molar-refractivity contribution is 5.30. The van der Waals surface area contributed by atoms with Gasteiger partial charge in [0.1, 0.15) is 0 Å². The number of hydrogen-bond acceptors (Lipinski definition) is 1. The first kappa shape index (κ1) is 14.6. The zero-order valence-electron chi connectivity index (χ0n) is 12.2. The van der Waals surface area contributed by atoms with E-state index in [-0.39, 0.29) is 6.04 Å². The van der Waals surface area contributed by atoms with Crippen molar-refractivity contribution in [2.45, 2.75) is 44.9 Å². The molecule has 2 bridgehead atoms. The van der Waals surface area contributed by atoms with Crippen molar-refractivity contribution in [3.05, 3.63) is 47.0 Å². The van der Waals surface area contributed by atoms with E-state index in [1.165, 1.54) is 17.7 Å². The van der Waals surface area contributed by atoms with Gasteiger partial charge in [0.15, 0.2) is 0 Å². The molecule has 21 heavy (non-hydrogen) atoms. The second kappa shape index (κ2) is 5.16. The first-order valence-electron chi connectivity index (χ1n) is 7.46. The summed E-state index contributed by atoms with van der Waals surface area (Å²) in [5, 5.41) is 3.60. The monoisotopic (exact) mass is 295 g/mol. The van der Waals surface area contributed by atoms with Crippen LogP contribution in [0.1, 0.15) is 43.9 Å². The molecule has 2 aliphatic rings. The van der Waals surface area contributed by atoms with Crippen LogP contribution < -0.4 is 5.32 Å². The third-order valence-electron chi connectivity index (χ3n) is 5.03. The van der Waals surface area contributed by atoms with E-state index in [1.54, 1.807) is 12.1 Å². The number of hydrogen-bond donors (Lipinski definition) is 1. The van der Waals surface area contributed by atoms with Gasteiger partial charge < -0.3 is 5.32 Å². The smallest absolute Gasteiger partial charge is 0.307 e. The Morgan fingerprint density at radius 3 is 2.43 bits per heavy atom. The highest BCUT2D eigenvalue weighted by atomic mass is 19.4. The molecule has 0 spiro atoms. The summed E-state index contributed by atoms with van der Waals surface area (Å²) in [4.78, 5) is 0. The van der Waals surface area contributed by atoms with Gasteiger partial charge in [0, 0.05) is 12.1 Å². The van der Waals surface area contributed by atoms with Crippen LogP contribution in [0.5, 0.6) is 0 Å². The van der Waals surface area contributed by atoms with E-state index in [0.717, 1.165) is 18.4 Å². The van der Waals surface area contributed by atoms with E-state index >= 15 is 0 Å². The predicted molar refractivity (Wildman–Crippen MR) is 76.8 cm³/mol. The number of piperidine rings is 1. The van der Waals surface area contributed by atoms with E-state index < -0.39 is 11.7 Å². The van der Waals surface area contributed by atoms with Crippen molar-refractivity contribution in [1.82, 2.24) is 5.32 Å². The van der Waals surface area contributed by atoms with Crippen LogP contribution in [0.4, 0.5) is 13.2 Å². The van der Waals surface area contributed by atoms with Crippen molar-refractivity contribution in [3.8, 4) is 0 Å². The standard InChI is InChI=1S/C17H20F3N/c1-10-3-4-13-9-15(10)16(21-11(13)2)12-5-7-14(8-6-12)17(18,19)20/h3,5-8,11,13,15-16,21H,4,9H2,1-2H3/t11-,13?,15?,16?/m0/s1. The molecule has 0 saturated carbocycles. The van der Waals surface area contributed by atoms with E-state index in [0.29, 0.717) is 17.9 Å². The summed E-state index contributed by atoms with van der Waals surface area (Å²) in [5.41, 5.74) is 1.73. The number of nitrogens with one attached hydrogen (secondary N) is 1. The minimum atomic E-state index is -4.27. The lowest BCUT2D eigenvalue weighted by Crippen LogP contribution is -2.47. The molecule has 1 heterocycles. The summed E-state index contributed by atoms with van der Waals surface area (Å²) < 4.78 is 38.0. The van der Waals surface area contributed by atoms with Gasteiger partial charge in [-0.05, 0) is 56.2 Å². The summed E-state index contributed by atoms with van der Waals surface area (Å²) in [5.74, 6) is 1.04. The number of rotatable bonds is 1. The molecule has 0 amide bonds. The van der Waals surface area contributed by atoms with Crippen LogP contribution in [0, 0.1) is 11.8 Å². The quantitative estimate of drug-likeness (QED) is 0.740. The number of benzene rings is 1. The topological polar surface area (TPSA) is 12.0 Å². The van der Waals surface area contributed by atoms with Crippen LogP contribution in [-0.2, 0) is 6.18 Å². The average molecular weight is 295 g/mol. The van der Waals surface area contributed by atoms with Crippen LogP contribution >= 0.6 is 0 Å². The first-order valence-corrected chi connectivity index (χ1v) is 7.46. The molecule has 3 rings (SSSR count). The summed E-state index contributed by atoms with van der Waals surface area (Å²) >= 11 is 0. The Balaban J connectivity index is 1.89. The molecule has 1 aromatic rings. The van der Waals surface area contributed by atoms with Crippen LogP contribution in [0.3, 0.4) is 0 Å². The van der Waals surface area contributed by atoms with Gasteiger partial charge in [0.05, 0.1) is 5.56 Å². The van der Waals surface area contributed by atoms with Crippen molar-refractivity contribution in [2.24, 2.45) is 11.8 Å². The Bertz CT molecular complexity index is 544. The van der Waals surface area contributed by atoms with Gasteiger partial charge >= 0.3 is 6.18 Å². The summed E-state index contributed by atoms with van der Waals surface area (Å²) in [6.45, 7) is 4.31. The first-order chi connectivity index (χ1) is 9.86. The van der Waals surface area contributed by atoms with E-state index in [4.69, 9.17) is 0 Å². The number of halogens is 3. The minimum absolute atomic E-state index is 0.120. The lowest BCUT2D eigenvalue weighted by Gasteiger charge is -2.45. The van der Waals surface area contributed by atoms with E-state index in [1.807, 2.05) is 0 Å². The number of alkyl halides is 3. The van der Waals surface area contributed by atoms with E-state index in [2.05, 4.69) is 25.2 Å². The summed E-state index contributed by atoms with van der Waals surface area (Å²) in [6.07, 6.45) is 0.267. The van der Waals surface area contributed by atoms with Crippen LogP contribution in [-0.4, -0.2) is 6.04 Å². The molecule has 0 radical (unpaired) electrons. The fraction of sp³-hybridized carbons (Fsp3) is 0.529. The molecule has 4 atom stereocenters. The maximum Gasteiger partial charge on any atom is 0.416 e. The lowest BCUT2D eigenvalue weighted by molar-refractivity contribution is -0.137. The third kappa shape index (κ3) is 2.73. The molecule has 1 aromatic carbocycles. The third-order valence-corrected chi connectivity index (χ3v) is 5.03. The summed E-state index contributed by atoms with van der Waals surface area (Å²) in [6, 6.07) is 6.14. The molecule has 1 nitrogen and oxygen atoms in total. The largest absolute Gasteiger partial charge is 0.416 e. The van der Waals surface area contributed by atoms with Gasteiger partial charge in [-0.25, -0.2) is 0 Å². The average Bonchev–Trinajstić information content (AvgIpc) is 2.44. The maximum absolute atomic E-state index is 12.7. The number of allylic oxidation sites excluding steroid dienone is 1. The molecule has 4 heteroatoms. The van der Waals surface area contributed by atoms with Crippen molar-refractivity contribution in [1.29, 1.82) is 0 Å². The highest BCUT2D eigenvalue weighted by Gasteiger charge is 2.38. The normalized spacial score (nSPS) is 32.7. The van der Waals surface area contributed by atoms with Gasteiger partial charge in [0.2, 0.25) is 0 Å². The molecule has 1 saturated heterocycles. The van der Waals surface area contributed by atoms with Gasteiger partial charge in [0.25, 0.3) is 0 Å². The molecule has 114 valence electrons. The molecular formula is C17H20F3N. The van der Waals surface area contributed by atoms with Gasteiger partial charge in [-0.15, -0.1) is 0 Å². The second-order valence-corrected chi connectivity index (χ2v) is 6.34. The maximum atomic E-state index is 12.7. The Morgan fingerprint density at radius 2 is 1.81 bits per heavy atom. The molecule has 1 aliphatic carbocycles. The van der Waals surface area contributed by atoms with Gasteiger partial charge in [-0.2, -0.15) is 13.2 Å². The molecule has 1 fully saturated rings. The molecular weight excluding hydrogens is 275 g/mol. The predicted octanol–water partition coefficient (Wildman–Crippen LogP) is 4.71. The highest BCUT2D eigenvalue weighted by Crippen LogP contribution is 2.43. The van der Waals surface area contributed by atoms with Crippen molar-refractivity contribution < 1.29 is 13.2 Å². The zero-order chi connectivity index (χ0) is 15.2. The summed E-state index contributed by atoms with van der Waals surface area (Å²) in [7, 11) is 0. The minimum Gasteiger partial charge on any atom is -0.307 e.